The molecule has 0 unspecified atom stereocenters. The molecule has 1 aromatic heterocycles. The molecule has 0 spiro atoms. The topological polar surface area (TPSA) is 51.5 Å². The second-order valence-electron chi connectivity index (χ2n) is 3.87. The number of nitrogens with one attached hydrogen (secondary N) is 1. The number of ether oxygens (including phenoxy) is 1. The Morgan fingerprint density at radius 3 is 2.68 bits per heavy atom. The first-order valence-corrected chi connectivity index (χ1v) is 6.35. The summed E-state index contributed by atoms with van der Waals surface area (Å²) in [5.74, 6) is 0.771. The van der Waals surface area contributed by atoms with E-state index >= 15 is 0 Å². The molecular formula is C14H14ClNO3. The van der Waals surface area contributed by atoms with E-state index in [9.17, 15) is 4.79 Å². The summed E-state index contributed by atoms with van der Waals surface area (Å²) in [5.41, 5.74) is 0. The Morgan fingerprint density at radius 1 is 1.21 bits per heavy atom. The maximum absolute atomic E-state index is 11.6. The minimum atomic E-state index is -0.272. The predicted octanol–water partition coefficient (Wildman–Crippen LogP) is 3.13. The van der Waals surface area contributed by atoms with E-state index in [0.717, 1.165) is 12.2 Å². The quantitative estimate of drug-likeness (QED) is 0.827. The summed E-state index contributed by atoms with van der Waals surface area (Å²) in [6.07, 6.45) is 0.717. The van der Waals surface area contributed by atoms with Gasteiger partial charge in [-0.1, -0.05) is 18.2 Å². The van der Waals surface area contributed by atoms with E-state index < -0.39 is 0 Å². The lowest BCUT2D eigenvalue weighted by atomic mass is 10.3. The van der Waals surface area contributed by atoms with Gasteiger partial charge in [0, 0.05) is 6.54 Å². The standard InChI is InChI=1S/C14H14ClNO3/c15-13-8-7-12(19-13)14(17)16-9-4-10-18-11-5-2-1-3-6-11/h1-3,5-8H,4,9-10H2,(H,16,17). The first kappa shape index (κ1) is 13.5. The molecule has 0 fully saturated rings. The van der Waals surface area contributed by atoms with Crippen LogP contribution in [0.25, 0.3) is 0 Å². The van der Waals surface area contributed by atoms with Crippen molar-refractivity contribution in [3.05, 3.63) is 53.4 Å². The van der Waals surface area contributed by atoms with Crippen LogP contribution in [-0.4, -0.2) is 19.1 Å². The molecule has 0 saturated carbocycles. The number of furan rings is 1. The molecule has 0 aliphatic rings. The number of carbonyl (C=O) groups excluding carboxylic acids is 1. The summed E-state index contributed by atoms with van der Waals surface area (Å²) in [5, 5.41) is 2.93. The van der Waals surface area contributed by atoms with E-state index in [-0.39, 0.29) is 16.9 Å². The third-order valence-corrected chi connectivity index (χ3v) is 2.62. The van der Waals surface area contributed by atoms with Crippen molar-refractivity contribution >= 4 is 17.5 Å². The van der Waals surface area contributed by atoms with Crippen LogP contribution in [0.5, 0.6) is 5.75 Å². The van der Waals surface area contributed by atoms with Gasteiger partial charge in [-0.2, -0.15) is 0 Å². The first-order chi connectivity index (χ1) is 9.25. The van der Waals surface area contributed by atoms with Crippen molar-refractivity contribution in [3.63, 3.8) is 0 Å². The molecule has 1 heterocycles. The molecular weight excluding hydrogens is 266 g/mol. The average molecular weight is 280 g/mol. The van der Waals surface area contributed by atoms with Gasteiger partial charge in [-0.05, 0) is 42.3 Å². The van der Waals surface area contributed by atoms with Crippen molar-refractivity contribution < 1.29 is 13.9 Å². The molecule has 0 saturated heterocycles. The highest BCUT2D eigenvalue weighted by Gasteiger charge is 2.09. The fraction of sp³-hybridized carbons (Fsp3) is 0.214. The van der Waals surface area contributed by atoms with Crippen LogP contribution in [0.3, 0.4) is 0 Å². The number of hydrogen-bond donors (Lipinski definition) is 1. The highest BCUT2D eigenvalue weighted by atomic mass is 35.5. The third kappa shape index (κ3) is 4.34. The molecule has 0 bridgehead atoms. The van der Waals surface area contributed by atoms with Gasteiger partial charge in [-0.3, -0.25) is 4.79 Å². The minimum absolute atomic E-state index is 0.206. The van der Waals surface area contributed by atoms with Crippen LogP contribution in [0.1, 0.15) is 17.0 Å². The Morgan fingerprint density at radius 2 is 2.00 bits per heavy atom. The van der Waals surface area contributed by atoms with Gasteiger partial charge in [0.05, 0.1) is 6.61 Å². The molecule has 1 aromatic carbocycles. The van der Waals surface area contributed by atoms with Crippen LogP contribution in [0.15, 0.2) is 46.9 Å². The van der Waals surface area contributed by atoms with Gasteiger partial charge < -0.3 is 14.5 Å². The van der Waals surface area contributed by atoms with Crippen LogP contribution in [0.2, 0.25) is 5.22 Å². The Hall–Kier alpha value is -1.94. The molecule has 4 nitrogen and oxygen atoms in total. The van der Waals surface area contributed by atoms with E-state index in [1.807, 2.05) is 30.3 Å². The van der Waals surface area contributed by atoms with Gasteiger partial charge >= 0.3 is 0 Å². The third-order valence-electron chi connectivity index (χ3n) is 2.42. The number of benzene rings is 1. The zero-order valence-corrected chi connectivity index (χ0v) is 11.0. The van der Waals surface area contributed by atoms with E-state index in [1.165, 1.54) is 12.1 Å². The summed E-state index contributed by atoms with van der Waals surface area (Å²) < 4.78 is 10.5. The number of para-hydroxylation sites is 1. The molecule has 1 N–H and O–H groups in total. The molecule has 0 aliphatic carbocycles. The number of rotatable bonds is 6. The lowest BCUT2D eigenvalue weighted by molar-refractivity contribution is 0.0924. The summed E-state index contributed by atoms with van der Waals surface area (Å²) in [7, 11) is 0. The maximum Gasteiger partial charge on any atom is 0.287 e. The molecule has 0 aliphatic heterocycles. The van der Waals surface area contributed by atoms with Crippen molar-refractivity contribution in [1.29, 1.82) is 0 Å². The Labute approximate surface area is 116 Å². The van der Waals surface area contributed by atoms with E-state index in [1.54, 1.807) is 0 Å². The largest absolute Gasteiger partial charge is 0.494 e. The van der Waals surface area contributed by atoms with Crippen LogP contribution >= 0.6 is 11.6 Å². The zero-order chi connectivity index (χ0) is 13.5. The van der Waals surface area contributed by atoms with E-state index in [0.29, 0.717) is 13.2 Å². The summed E-state index contributed by atoms with van der Waals surface area (Å²) in [4.78, 5) is 11.6. The normalized spacial score (nSPS) is 10.2. The number of carbonyl (C=O) groups is 1. The van der Waals surface area contributed by atoms with Gasteiger partial charge in [0.25, 0.3) is 5.91 Å². The summed E-state index contributed by atoms with van der Waals surface area (Å²) in [6.45, 7) is 1.06. The monoisotopic (exact) mass is 279 g/mol. The van der Waals surface area contributed by atoms with Gasteiger partial charge in [0.15, 0.2) is 11.0 Å². The van der Waals surface area contributed by atoms with Crippen LogP contribution in [-0.2, 0) is 0 Å². The SMILES string of the molecule is O=C(NCCCOc1ccccc1)c1ccc(Cl)o1. The number of hydrogen-bond acceptors (Lipinski definition) is 3. The highest BCUT2D eigenvalue weighted by molar-refractivity contribution is 6.29. The van der Waals surface area contributed by atoms with Gasteiger partial charge in [0.2, 0.25) is 0 Å². The van der Waals surface area contributed by atoms with Crippen LogP contribution in [0.4, 0.5) is 0 Å². The fourth-order valence-corrected chi connectivity index (χ4v) is 1.65. The van der Waals surface area contributed by atoms with Gasteiger partial charge in [-0.25, -0.2) is 0 Å². The molecule has 100 valence electrons. The zero-order valence-electron chi connectivity index (χ0n) is 10.3. The van der Waals surface area contributed by atoms with Crippen LogP contribution in [0, 0.1) is 0 Å². The summed E-state index contributed by atoms with van der Waals surface area (Å²) >= 11 is 5.59. The maximum atomic E-state index is 11.6. The van der Waals surface area contributed by atoms with Crippen LogP contribution < -0.4 is 10.1 Å². The van der Waals surface area contributed by atoms with Crippen molar-refractivity contribution in [2.75, 3.05) is 13.2 Å². The highest BCUT2D eigenvalue weighted by Crippen LogP contribution is 2.12. The minimum Gasteiger partial charge on any atom is -0.494 e. The van der Waals surface area contributed by atoms with Crippen molar-refractivity contribution in [2.24, 2.45) is 0 Å². The van der Waals surface area contributed by atoms with E-state index in [2.05, 4.69) is 5.32 Å². The van der Waals surface area contributed by atoms with Gasteiger partial charge in [0.1, 0.15) is 5.75 Å². The fourth-order valence-electron chi connectivity index (χ4n) is 1.50. The molecule has 1 amide bonds. The number of halogens is 1. The number of amides is 1. The first-order valence-electron chi connectivity index (χ1n) is 5.97. The van der Waals surface area contributed by atoms with Crippen molar-refractivity contribution in [2.45, 2.75) is 6.42 Å². The molecule has 0 atom stereocenters. The summed E-state index contributed by atoms with van der Waals surface area (Å²) in [6, 6.07) is 12.6. The lowest BCUT2D eigenvalue weighted by Gasteiger charge is -2.06. The van der Waals surface area contributed by atoms with Crippen molar-refractivity contribution in [3.8, 4) is 5.75 Å². The Bertz CT molecular complexity index is 524. The molecule has 5 heteroatoms. The van der Waals surface area contributed by atoms with Gasteiger partial charge in [-0.15, -0.1) is 0 Å². The Balaban J connectivity index is 1.63. The second-order valence-corrected chi connectivity index (χ2v) is 4.25. The Kier molecular flexibility index (Phi) is 4.86. The molecule has 19 heavy (non-hydrogen) atoms. The van der Waals surface area contributed by atoms with E-state index in [4.69, 9.17) is 20.8 Å². The smallest absolute Gasteiger partial charge is 0.287 e. The lowest BCUT2D eigenvalue weighted by Crippen LogP contribution is -2.25. The van der Waals surface area contributed by atoms with Crippen molar-refractivity contribution in [1.82, 2.24) is 5.32 Å². The second kappa shape index (κ2) is 6.85. The average Bonchev–Trinajstić information content (AvgIpc) is 2.86. The molecule has 2 rings (SSSR count). The predicted molar refractivity (Wildman–Crippen MR) is 72.6 cm³/mol. The molecule has 0 radical (unpaired) electrons. The molecule has 2 aromatic rings.